The van der Waals surface area contributed by atoms with Crippen LogP contribution in [0, 0.1) is 6.92 Å². The molecule has 0 bridgehead atoms. The van der Waals surface area contributed by atoms with Crippen LogP contribution < -0.4 is 10.6 Å². The number of urea groups is 1. The molecule has 1 heterocycles. The summed E-state index contributed by atoms with van der Waals surface area (Å²) in [6.07, 6.45) is -1.62. The van der Waals surface area contributed by atoms with Gasteiger partial charge in [-0.2, -0.15) is 4.37 Å². The number of nitrogens with one attached hydrogen (secondary N) is 2. The Labute approximate surface area is 94.5 Å². The number of carboxylic acids is 1. The fourth-order valence-electron chi connectivity index (χ4n) is 0.766. The van der Waals surface area contributed by atoms with E-state index in [-0.39, 0.29) is 6.54 Å². The molecule has 9 heteroatoms. The maximum absolute atomic E-state index is 11.2. The van der Waals surface area contributed by atoms with Crippen molar-refractivity contribution in [1.82, 2.24) is 14.7 Å². The number of aliphatic hydroxyl groups excluding tert-OH is 1. The smallest absolute Gasteiger partial charge is 0.334 e. The summed E-state index contributed by atoms with van der Waals surface area (Å²) in [7, 11) is 0. The molecule has 0 aliphatic heterocycles. The largest absolute Gasteiger partial charge is 0.479 e. The van der Waals surface area contributed by atoms with Crippen molar-refractivity contribution < 1.29 is 19.8 Å². The molecule has 0 aliphatic carbocycles. The highest BCUT2D eigenvalue weighted by Gasteiger charge is 2.14. The predicted molar refractivity (Wildman–Crippen MR) is 55.3 cm³/mol. The Morgan fingerprint density at radius 3 is 2.75 bits per heavy atom. The number of anilines is 1. The second-order valence-electron chi connectivity index (χ2n) is 2.84. The van der Waals surface area contributed by atoms with Gasteiger partial charge in [-0.25, -0.2) is 14.6 Å². The Balaban J connectivity index is 2.34. The number of amides is 2. The lowest BCUT2D eigenvalue weighted by Gasteiger charge is -2.07. The van der Waals surface area contributed by atoms with Crippen molar-refractivity contribution in [3.05, 3.63) is 5.82 Å². The minimum atomic E-state index is -1.62. The topological polar surface area (TPSA) is 124 Å². The van der Waals surface area contributed by atoms with E-state index in [9.17, 15) is 9.59 Å². The number of rotatable bonds is 4. The van der Waals surface area contributed by atoms with E-state index in [0.717, 1.165) is 11.5 Å². The first kappa shape index (κ1) is 12.3. The van der Waals surface area contributed by atoms with Crippen molar-refractivity contribution in [3.8, 4) is 0 Å². The van der Waals surface area contributed by atoms with Gasteiger partial charge < -0.3 is 15.5 Å². The number of carboxylic acid groups (broad SMARTS) is 1. The number of hydrogen-bond acceptors (Lipinski definition) is 6. The fraction of sp³-hybridized carbons (Fsp3) is 0.429. The maximum atomic E-state index is 11.2. The zero-order chi connectivity index (χ0) is 12.1. The van der Waals surface area contributed by atoms with Gasteiger partial charge in [0, 0.05) is 11.5 Å². The van der Waals surface area contributed by atoms with Gasteiger partial charge in [0.25, 0.3) is 0 Å². The number of hydrogen-bond donors (Lipinski definition) is 4. The fourth-order valence-corrected chi connectivity index (χ4v) is 1.34. The quantitative estimate of drug-likeness (QED) is 0.563. The van der Waals surface area contributed by atoms with Gasteiger partial charge in [0.15, 0.2) is 6.10 Å². The Morgan fingerprint density at radius 1 is 1.56 bits per heavy atom. The van der Waals surface area contributed by atoms with Crippen LogP contribution in [0.3, 0.4) is 0 Å². The third-order valence-electron chi connectivity index (χ3n) is 1.49. The van der Waals surface area contributed by atoms with Crippen LogP contribution in [0.1, 0.15) is 5.82 Å². The summed E-state index contributed by atoms with van der Waals surface area (Å²) in [5.41, 5.74) is 0. The number of aliphatic carboxylic acids is 1. The summed E-state index contributed by atoms with van der Waals surface area (Å²) in [6, 6.07) is -0.642. The first-order chi connectivity index (χ1) is 7.49. The van der Waals surface area contributed by atoms with E-state index >= 15 is 0 Å². The lowest BCUT2D eigenvalue weighted by atomic mass is 10.4. The first-order valence-electron chi connectivity index (χ1n) is 4.25. The number of aliphatic hydroxyl groups is 1. The molecule has 0 radical (unpaired) electrons. The zero-order valence-corrected chi connectivity index (χ0v) is 9.11. The summed E-state index contributed by atoms with van der Waals surface area (Å²) >= 11 is 1.01. The van der Waals surface area contributed by atoms with Crippen molar-refractivity contribution in [3.63, 3.8) is 0 Å². The van der Waals surface area contributed by atoms with Crippen molar-refractivity contribution in [2.24, 2.45) is 0 Å². The van der Waals surface area contributed by atoms with Crippen LogP contribution in [0.25, 0.3) is 0 Å². The zero-order valence-electron chi connectivity index (χ0n) is 8.30. The van der Waals surface area contributed by atoms with Crippen LogP contribution >= 0.6 is 11.5 Å². The van der Waals surface area contributed by atoms with Gasteiger partial charge in [-0.05, 0) is 6.92 Å². The summed E-state index contributed by atoms with van der Waals surface area (Å²) in [6.45, 7) is 1.30. The highest BCUT2D eigenvalue weighted by Crippen LogP contribution is 2.09. The Kier molecular flexibility index (Phi) is 4.14. The van der Waals surface area contributed by atoms with Crippen LogP contribution in [0.2, 0.25) is 0 Å². The third kappa shape index (κ3) is 3.79. The van der Waals surface area contributed by atoms with E-state index in [2.05, 4.69) is 20.0 Å². The number of carbonyl (C=O) groups excluding carboxylic acids is 1. The molecule has 0 saturated carbocycles. The Morgan fingerprint density at radius 2 is 2.25 bits per heavy atom. The molecule has 1 aromatic heterocycles. The number of carbonyl (C=O) groups is 2. The molecule has 88 valence electrons. The van der Waals surface area contributed by atoms with Crippen LogP contribution in [0.5, 0.6) is 0 Å². The molecule has 1 aromatic rings. The average Bonchev–Trinajstić information content (AvgIpc) is 2.60. The van der Waals surface area contributed by atoms with Crippen LogP contribution in [0.4, 0.5) is 9.93 Å². The predicted octanol–water partition coefficient (Wildman–Crippen LogP) is -0.586. The van der Waals surface area contributed by atoms with E-state index in [1.807, 2.05) is 0 Å². The highest BCUT2D eigenvalue weighted by atomic mass is 32.1. The standard InChI is InChI=1S/C7H10N4O4S/c1-3-9-7(16-11-3)10-6(15)8-2-4(12)5(13)14/h4,12H,2H2,1H3,(H,13,14)(H2,8,9,10,11,15). The second-order valence-corrected chi connectivity index (χ2v) is 3.59. The minimum Gasteiger partial charge on any atom is -0.479 e. The number of aromatic nitrogens is 2. The molecular weight excluding hydrogens is 236 g/mol. The number of nitrogens with zero attached hydrogens (tertiary/aromatic N) is 2. The van der Waals surface area contributed by atoms with E-state index in [0.29, 0.717) is 11.0 Å². The molecule has 0 aliphatic rings. The molecule has 2 amide bonds. The van der Waals surface area contributed by atoms with Gasteiger partial charge in [0.2, 0.25) is 5.13 Å². The molecule has 1 atom stereocenters. The molecule has 0 spiro atoms. The van der Waals surface area contributed by atoms with Gasteiger partial charge in [-0.1, -0.05) is 0 Å². The lowest BCUT2D eigenvalue weighted by Crippen LogP contribution is -2.38. The summed E-state index contributed by atoms with van der Waals surface area (Å²) < 4.78 is 3.84. The van der Waals surface area contributed by atoms with Gasteiger partial charge in [0.05, 0.1) is 6.54 Å². The van der Waals surface area contributed by atoms with Crippen LogP contribution in [-0.4, -0.2) is 44.2 Å². The molecule has 4 N–H and O–H groups in total. The molecule has 8 nitrogen and oxygen atoms in total. The Bertz CT molecular complexity index is 393. The van der Waals surface area contributed by atoms with Crippen molar-refractivity contribution in [2.75, 3.05) is 11.9 Å². The van der Waals surface area contributed by atoms with Gasteiger partial charge in [-0.3, -0.25) is 5.32 Å². The Hall–Kier alpha value is -1.74. The SMILES string of the molecule is Cc1nsc(NC(=O)NCC(O)C(=O)O)n1. The first-order valence-corrected chi connectivity index (χ1v) is 5.02. The van der Waals surface area contributed by atoms with E-state index in [4.69, 9.17) is 10.2 Å². The molecule has 1 unspecified atom stereocenters. The van der Waals surface area contributed by atoms with Crippen LogP contribution in [-0.2, 0) is 4.79 Å². The normalized spacial score (nSPS) is 11.9. The number of aryl methyl sites for hydroxylation is 1. The van der Waals surface area contributed by atoms with E-state index in [1.165, 1.54) is 0 Å². The molecule has 0 saturated heterocycles. The van der Waals surface area contributed by atoms with Crippen molar-refractivity contribution in [1.29, 1.82) is 0 Å². The third-order valence-corrected chi connectivity index (χ3v) is 2.21. The van der Waals surface area contributed by atoms with Gasteiger partial charge >= 0.3 is 12.0 Å². The van der Waals surface area contributed by atoms with Gasteiger partial charge in [-0.15, -0.1) is 0 Å². The summed E-state index contributed by atoms with van der Waals surface area (Å²) in [5.74, 6) is -0.863. The summed E-state index contributed by atoms with van der Waals surface area (Å²) in [4.78, 5) is 25.3. The maximum Gasteiger partial charge on any atom is 0.334 e. The van der Waals surface area contributed by atoms with E-state index in [1.54, 1.807) is 6.92 Å². The molecule has 16 heavy (non-hydrogen) atoms. The van der Waals surface area contributed by atoms with E-state index < -0.39 is 18.1 Å². The summed E-state index contributed by atoms with van der Waals surface area (Å²) in [5, 5.41) is 22.1. The molecule has 0 aromatic carbocycles. The van der Waals surface area contributed by atoms with Crippen LogP contribution in [0.15, 0.2) is 0 Å². The minimum absolute atomic E-state index is 0.305. The molecular formula is C7H10N4O4S. The lowest BCUT2D eigenvalue weighted by molar-refractivity contribution is -0.146. The van der Waals surface area contributed by atoms with Crippen molar-refractivity contribution >= 4 is 28.7 Å². The highest BCUT2D eigenvalue weighted by molar-refractivity contribution is 7.09. The molecule has 1 rings (SSSR count). The average molecular weight is 246 g/mol. The molecule has 0 fully saturated rings. The van der Waals surface area contributed by atoms with Gasteiger partial charge in [0.1, 0.15) is 5.82 Å². The monoisotopic (exact) mass is 246 g/mol. The second kappa shape index (κ2) is 5.37. The van der Waals surface area contributed by atoms with Crippen molar-refractivity contribution in [2.45, 2.75) is 13.0 Å².